The molecule has 2 amide bonds. The number of amides is 2. The second-order valence-electron chi connectivity index (χ2n) is 10.3. The monoisotopic (exact) mass is 587 g/mol. The van der Waals surface area contributed by atoms with Gasteiger partial charge in [-0.3, -0.25) is 14.9 Å². The first-order chi connectivity index (χ1) is 19.9. The van der Waals surface area contributed by atoms with Crippen molar-refractivity contribution in [2.45, 2.75) is 58.2 Å². The Kier molecular flexibility index (Phi) is 11.6. The van der Waals surface area contributed by atoms with Crippen LogP contribution in [0.25, 0.3) is 0 Å². The Bertz CT molecular complexity index is 1330. The van der Waals surface area contributed by atoms with Crippen molar-refractivity contribution in [3.63, 3.8) is 0 Å². The number of nitrogens with one attached hydrogen (secondary N) is 2. The van der Waals surface area contributed by atoms with Gasteiger partial charge in [-0.15, -0.1) is 0 Å². The first kappa shape index (κ1) is 32.8. The van der Waals surface area contributed by atoms with Crippen LogP contribution in [0.3, 0.4) is 0 Å². The molecule has 2 atom stereocenters. The number of aryl methyl sites for hydroxylation is 1. The lowest BCUT2D eigenvalue weighted by Crippen LogP contribution is -2.51. The van der Waals surface area contributed by atoms with E-state index in [0.717, 1.165) is 25.0 Å². The van der Waals surface area contributed by atoms with Crippen molar-refractivity contribution in [1.82, 2.24) is 15.5 Å². The van der Waals surface area contributed by atoms with Crippen LogP contribution in [0.5, 0.6) is 0 Å². The van der Waals surface area contributed by atoms with E-state index in [0.29, 0.717) is 30.3 Å². The van der Waals surface area contributed by atoms with Crippen LogP contribution < -0.4 is 10.6 Å². The van der Waals surface area contributed by atoms with Gasteiger partial charge in [-0.25, -0.2) is 8.78 Å². The van der Waals surface area contributed by atoms with Crippen LogP contribution in [-0.4, -0.2) is 53.6 Å². The van der Waals surface area contributed by atoms with Crippen molar-refractivity contribution in [3.8, 4) is 0 Å². The minimum absolute atomic E-state index is 0.113. The minimum atomic E-state index is -3.49. The number of carbonyl (C=O) groups excluding carboxylic acids is 2. The van der Waals surface area contributed by atoms with Crippen LogP contribution in [0, 0.1) is 18.6 Å². The van der Waals surface area contributed by atoms with Crippen LogP contribution >= 0.6 is 0 Å². The molecule has 0 aliphatic carbocycles. The van der Waals surface area contributed by atoms with Crippen molar-refractivity contribution < 1.29 is 32.3 Å². The summed E-state index contributed by atoms with van der Waals surface area (Å²) >= 11 is 0. The number of nitrogens with zero attached hydrogens (tertiary/aromatic N) is 1. The molecular formula is C32H37F4N3O3. The lowest BCUT2D eigenvalue weighted by molar-refractivity contribution is -0.0521. The molecule has 226 valence electrons. The Balaban J connectivity index is 1.86. The first-order valence-corrected chi connectivity index (χ1v) is 14.0. The highest BCUT2D eigenvalue weighted by Crippen LogP contribution is 2.24. The van der Waals surface area contributed by atoms with Gasteiger partial charge < -0.3 is 15.3 Å². The van der Waals surface area contributed by atoms with Crippen molar-refractivity contribution in [2.75, 3.05) is 19.6 Å². The third-order valence-corrected chi connectivity index (χ3v) is 6.69. The molecule has 10 heteroatoms. The second kappa shape index (κ2) is 14.9. The van der Waals surface area contributed by atoms with E-state index in [1.807, 2.05) is 19.2 Å². The van der Waals surface area contributed by atoms with Crippen molar-refractivity contribution in [3.05, 3.63) is 106 Å². The second-order valence-corrected chi connectivity index (χ2v) is 10.3. The molecule has 0 heterocycles. The molecule has 0 radical (unpaired) electrons. The maximum atomic E-state index is 14.7. The summed E-state index contributed by atoms with van der Waals surface area (Å²) in [6, 6.07) is 9.69. The maximum Gasteiger partial charge on any atom is 0.329 e. The first-order valence-electron chi connectivity index (χ1n) is 14.0. The van der Waals surface area contributed by atoms with Crippen molar-refractivity contribution in [1.29, 1.82) is 0 Å². The zero-order chi connectivity index (χ0) is 30.9. The molecule has 0 aliphatic heterocycles. The van der Waals surface area contributed by atoms with Crippen LogP contribution in [0.15, 0.2) is 66.7 Å². The molecule has 0 spiro atoms. The molecule has 0 saturated carbocycles. The Morgan fingerprint density at radius 3 is 2.10 bits per heavy atom. The molecule has 3 aromatic carbocycles. The largest absolute Gasteiger partial charge is 0.390 e. The summed E-state index contributed by atoms with van der Waals surface area (Å²) in [6.45, 7) is 6.12. The Hall–Kier alpha value is -3.76. The number of hydrogen-bond donors (Lipinski definition) is 3. The fourth-order valence-corrected chi connectivity index (χ4v) is 4.72. The summed E-state index contributed by atoms with van der Waals surface area (Å²) in [5, 5.41) is 15.6. The molecule has 3 rings (SSSR count). The quantitative estimate of drug-likeness (QED) is 0.170. The molecule has 3 N–H and O–H groups in total. The summed E-state index contributed by atoms with van der Waals surface area (Å²) in [6.07, 6.45) is -0.297. The van der Waals surface area contributed by atoms with Crippen molar-refractivity contribution in [2.24, 2.45) is 0 Å². The zero-order valence-electron chi connectivity index (χ0n) is 24.0. The van der Waals surface area contributed by atoms with E-state index in [-0.39, 0.29) is 29.0 Å². The summed E-state index contributed by atoms with van der Waals surface area (Å²) in [4.78, 5) is 28.3. The van der Waals surface area contributed by atoms with Crippen LogP contribution in [0.1, 0.15) is 64.1 Å². The topological polar surface area (TPSA) is 81.7 Å². The third-order valence-electron chi connectivity index (χ3n) is 6.69. The normalized spacial score (nSPS) is 13.0. The molecular weight excluding hydrogens is 550 g/mol. The molecule has 0 aromatic heterocycles. The van der Waals surface area contributed by atoms with E-state index < -0.39 is 42.3 Å². The number of aliphatic hydroxyl groups excluding tert-OH is 1. The Morgan fingerprint density at radius 1 is 0.905 bits per heavy atom. The molecule has 0 fully saturated rings. The summed E-state index contributed by atoms with van der Waals surface area (Å²) in [5.74, 6) is -2.62. The average molecular weight is 588 g/mol. The number of aliphatic hydroxyl groups is 1. The van der Waals surface area contributed by atoms with E-state index >= 15 is 0 Å². The number of rotatable bonds is 14. The minimum Gasteiger partial charge on any atom is -0.390 e. The van der Waals surface area contributed by atoms with Gasteiger partial charge in [-0.1, -0.05) is 44.2 Å². The fraction of sp³-hybridized carbons (Fsp3) is 0.375. The SMILES string of the molecule is CCCN(CCC)C(=O)c1cc(C)cc(C(=O)N[C@@H](Cc2cc(F)cc(F)c2)[C@H](O)CNC(F)(F)c2ccccc2)c1. The van der Waals surface area contributed by atoms with E-state index in [1.54, 1.807) is 30.0 Å². The highest BCUT2D eigenvalue weighted by Gasteiger charge is 2.33. The highest BCUT2D eigenvalue weighted by molar-refractivity contribution is 6.00. The van der Waals surface area contributed by atoms with E-state index in [1.165, 1.54) is 30.3 Å². The lowest BCUT2D eigenvalue weighted by Gasteiger charge is -2.27. The Labute approximate surface area is 243 Å². The van der Waals surface area contributed by atoms with Gasteiger partial charge in [0.2, 0.25) is 0 Å². The molecule has 0 aliphatic rings. The molecule has 0 unspecified atom stereocenters. The van der Waals surface area contributed by atoms with Crippen molar-refractivity contribution >= 4 is 11.8 Å². The van der Waals surface area contributed by atoms with Crippen LogP contribution in [0.2, 0.25) is 0 Å². The zero-order valence-corrected chi connectivity index (χ0v) is 24.0. The Morgan fingerprint density at radius 2 is 1.50 bits per heavy atom. The van der Waals surface area contributed by atoms with Gasteiger partial charge in [0, 0.05) is 42.4 Å². The third kappa shape index (κ3) is 9.12. The molecule has 0 saturated heterocycles. The number of halogens is 4. The summed E-state index contributed by atoms with van der Waals surface area (Å²) in [7, 11) is 0. The smallest absolute Gasteiger partial charge is 0.329 e. The van der Waals surface area contributed by atoms with E-state index in [2.05, 4.69) is 5.32 Å². The predicted molar refractivity (Wildman–Crippen MR) is 153 cm³/mol. The molecule has 3 aromatic rings. The summed E-state index contributed by atoms with van der Waals surface area (Å²) < 4.78 is 57.3. The van der Waals surface area contributed by atoms with E-state index in [9.17, 15) is 32.3 Å². The number of hydrogen-bond acceptors (Lipinski definition) is 4. The van der Waals surface area contributed by atoms with Gasteiger partial charge in [-0.2, -0.15) is 8.78 Å². The van der Waals surface area contributed by atoms with Gasteiger partial charge in [0.25, 0.3) is 11.8 Å². The van der Waals surface area contributed by atoms with Gasteiger partial charge in [-0.05, 0) is 67.6 Å². The molecule has 0 bridgehead atoms. The fourth-order valence-electron chi connectivity index (χ4n) is 4.72. The van der Waals surface area contributed by atoms with Crippen LogP contribution in [0.4, 0.5) is 17.6 Å². The van der Waals surface area contributed by atoms with E-state index in [4.69, 9.17) is 0 Å². The average Bonchev–Trinajstić information content (AvgIpc) is 2.94. The maximum absolute atomic E-state index is 14.7. The predicted octanol–water partition coefficient (Wildman–Crippen LogP) is 5.58. The number of alkyl halides is 2. The molecule has 6 nitrogen and oxygen atoms in total. The van der Waals surface area contributed by atoms with Crippen LogP contribution in [-0.2, 0) is 12.5 Å². The number of benzene rings is 3. The standard InChI is InChI=1S/C32H37F4N3O3/c1-4-11-39(12-5-2)31(42)24-14-21(3)13-23(18-24)30(41)38-28(17-22-15-26(33)19-27(34)16-22)29(40)20-37-32(35,36)25-9-7-6-8-10-25/h6-10,13-16,18-19,28-29,37,40H,4-5,11-12,17,20H2,1-3H3,(H,38,41)/t28-,29+/m0/s1. The lowest BCUT2D eigenvalue weighted by atomic mass is 9.99. The van der Waals surface area contributed by atoms with Gasteiger partial charge in [0.05, 0.1) is 12.1 Å². The van der Waals surface area contributed by atoms with Gasteiger partial charge in [0.15, 0.2) is 0 Å². The summed E-state index contributed by atoms with van der Waals surface area (Å²) in [5.41, 5.74) is 0.878. The number of carbonyl (C=O) groups is 2. The molecule has 42 heavy (non-hydrogen) atoms. The highest BCUT2D eigenvalue weighted by atomic mass is 19.3. The van der Waals surface area contributed by atoms with Gasteiger partial charge in [0.1, 0.15) is 11.6 Å². The van der Waals surface area contributed by atoms with Gasteiger partial charge >= 0.3 is 6.05 Å².